The predicted molar refractivity (Wildman–Crippen MR) is 57.6 cm³/mol. The van der Waals surface area contributed by atoms with Crippen molar-refractivity contribution >= 4 is 0 Å². The summed E-state index contributed by atoms with van der Waals surface area (Å²) in [5.41, 5.74) is 3.32. The van der Waals surface area contributed by atoms with Crippen LogP contribution in [0.2, 0.25) is 0 Å². The van der Waals surface area contributed by atoms with Crippen LogP contribution in [-0.2, 0) is 0 Å². The number of allylic oxidation sites excluding steroid dienone is 8. The molecule has 0 aromatic rings. The highest BCUT2D eigenvalue weighted by atomic mass is 14.4. The Morgan fingerprint density at radius 1 is 0.714 bits per heavy atom. The molecular weight excluding hydrogens is 168 g/mol. The molecule has 0 heteroatoms. The van der Waals surface area contributed by atoms with Crippen LogP contribution in [0.15, 0.2) is 47.6 Å². The van der Waals surface area contributed by atoms with E-state index in [0.717, 1.165) is 23.7 Å². The summed E-state index contributed by atoms with van der Waals surface area (Å²) in [6.07, 6.45) is 17.3. The molecule has 0 nitrogen and oxygen atoms in total. The Kier molecular flexibility index (Phi) is 1.20. The smallest absolute Gasteiger partial charge is 0.00266 e. The molecule has 4 aliphatic carbocycles. The molecule has 70 valence electrons. The van der Waals surface area contributed by atoms with E-state index in [-0.39, 0.29) is 0 Å². The van der Waals surface area contributed by atoms with E-state index in [1.165, 1.54) is 12.8 Å². The van der Waals surface area contributed by atoms with Crippen molar-refractivity contribution < 1.29 is 0 Å². The van der Waals surface area contributed by atoms with Crippen LogP contribution < -0.4 is 0 Å². The summed E-state index contributed by atoms with van der Waals surface area (Å²) in [5, 5.41) is 0. The first kappa shape index (κ1) is 7.28. The van der Waals surface area contributed by atoms with Crippen molar-refractivity contribution in [3.63, 3.8) is 0 Å². The fraction of sp³-hybridized carbons (Fsp3) is 0.429. The molecule has 4 atom stereocenters. The van der Waals surface area contributed by atoms with Crippen LogP contribution in [0.4, 0.5) is 0 Å². The number of hydrogen-bond acceptors (Lipinski definition) is 0. The molecule has 4 aliphatic rings. The number of hydrogen-bond donors (Lipinski definition) is 0. The zero-order chi connectivity index (χ0) is 9.12. The van der Waals surface area contributed by atoms with Gasteiger partial charge in [0.25, 0.3) is 0 Å². The van der Waals surface area contributed by atoms with Crippen LogP contribution >= 0.6 is 0 Å². The molecule has 0 saturated heterocycles. The third-order valence-corrected chi connectivity index (χ3v) is 4.15. The maximum absolute atomic E-state index is 2.50. The van der Waals surface area contributed by atoms with E-state index >= 15 is 0 Å². The van der Waals surface area contributed by atoms with E-state index in [4.69, 9.17) is 0 Å². The van der Waals surface area contributed by atoms with Crippen LogP contribution in [0, 0.1) is 23.7 Å². The first-order valence-electron chi connectivity index (χ1n) is 5.70. The van der Waals surface area contributed by atoms with Crippen molar-refractivity contribution in [3.05, 3.63) is 47.6 Å². The van der Waals surface area contributed by atoms with Crippen LogP contribution in [-0.4, -0.2) is 0 Å². The second-order valence-electron chi connectivity index (χ2n) is 5.03. The Bertz CT molecular complexity index is 366. The normalized spacial score (nSPS) is 46.3. The molecule has 4 unspecified atom stereocenters. The minimum atomic E-state index is 0.763. The van der Waals surface area contributed by atoms with Gasteiger partial charge in [0.05, 0.1) is 0 Å². The summed E-state index contributed by atoms with van der Waals surface area (Å²) in [7, 11) is 0. The molecule has 0 fully saturated rings. The van der Waals surface area contributed by atoms with Crippen LogP contribution in [0.1, 0.15) is 12.8 Å². The fourth-order valence-corrected chi connectivity index (χ4v) is 3.49. The Balaban J connectivity index is 1.73. The number of fused-ring (bicyclic) bond motifs is 4. The zero-order valence-corrected chi connectivity index (χ0v) is 8.19. The lowest BCUT2D eigenvalue weighted by Crippen LogP contribution is -2.03. The molecule has 4 rings (SSSR count). The molecule has 0 radical (unpaired) electrons. The molecule has 0 aromatic carbocycles. The number of rotatable bonds is 1. The van der Waals surface area contributed by atoms with E-state index in [1.54, 1.807) is 11.1 Å². The maximum atomic E-state index is 2.50. The minimum absolute atomic E-state index is 0.763. The SMILES string of the molecule is C1=CC2CC1C=C2C1=CC2C=CC1C2. The summed E-state index contributed by atoms with van der Waals surface area (Å²) in [5.74, 6) is 3.05. The van der Waals surface area contributed by atoms with Crippen molar-refractivity contribution in [2.75, 3.05) is 0 Å². The fourth-order valence-electron chi connectivity index (χ4n) is 3.49. The monoisotopic (exact) mass is 182 g/mol. The summed E-state index contributed by atoms with van der Waals surface area (Å²) in [4.78, 5) is 0. The predicted octanol–water partition coefficient (Wildman–Crippen LogP) is 3.25. The molecule has 0 spiro atoms. The van der Waals surface area contributed by atoms with Crippen LogP contribution in [0.25, 0.3) is 0 Å². The minimum Gasteiger partial charge on any atom is -0.0810 e. The quantitative estimate of drug-likeness (QED) is 0.546. The second kappa shape index (κ2) is 2.31. The topological polar surface area (TPSA) is 0 Å². The molecule has 0 aliphatic heterocycles. The maximum Gasteiger partial charge on any atom is 0.00266 e. The summed E-state index contributed by atoms with van der Waals surface area (Å²) in [6.45, 7) is 0. The van der Waals surface area contributed by atoms with E-state index in [1.807, 2.05) is 0 Å². The molecule has 0 aromatic heterocycles. The standard InChI is InChI=1S/C14H14/c1-3-11-5-9(1)7-13(11)14-8-10-2-4-12(14)6-10/h1-4,7-12H,5-6H2. The van der Waals surface area contributed by atoms with Crippen LogP contribution in [0.3, 0.4) is 0 Å². The van der Waals surface area contributed by atoms with Gasteiger partial charge in [0.1, 0.15) is 0 Å². The van der Waals surface area contributed by atoms with Gasteiger partial charge < -0.3 is 0 Å². The van der Waals surface area contributed by atoms with Gasteiger partial charge in [-0.25, -0.2) is 0 Å². The summed E-state index contributed by atoms with van der Waals surface area (Å²) in [6, 6.07) is 0. The Labute approximate surface area is 84.7 Å². The Morgan fingerprint density at radius 3 is 1.50 bits per heavy atom. The van der Waals surface area contributed by atoms with Gasteiger partial charge in [-0.15, -0.1) is 0 Å². The van der Waals surface area contributed by atoms with Crippen molar-refractivity contribution in [2.24, 2.45) is 23.7 Å². The van der Waals surface area contributed by atoms with Gasteiger partial charge in [0, 0.05) is 11.8 Å². The average molecular weight is 182 g/mol. The summed E-state index contributed by atoms with van der Waals surface area (Å²) >= 11 is 0. The second-order valence-corrected chi connectivity index (χ2v) is 5.03. The van der Waals surface area contributed by atoms with Crippen LogP contribution in [0.5, 0.6) is 0 Å². The molecular formula is C14H14. The Morgan fingerprint density at radius 2 is 1.21 bits per heavy atom. The first-order chi connectivity index (χ1) is 6.90. The molecule has 0 N–H and O–H groups in total. The van der Waals surface area contributed by atoms with Gasteiger partial charge in [-0.3, -0.25) is 0 Å². The van der Waals surface area contributed by atoms with Crippen molar-refractivity contribution in [1.29, 1.82) is 0 Å². The van der Waals surface area contributed by atoms with Crippen molar-refractivity contribution in [1.82, 2.24) is 0 Å². The van der Waals surface area contributed by atoms with Gasteiger partial charge in [-0.05, 0) is 35.8 Å². The molecule has 14 heavy (non-hydrogen) atoms. The molecule has 4 bridgehead atoms. The van der Waals surface area contributed by atoms with E-state index < -0.39 is 0 Å². The highest BCUT2D eigenvalue weighted by Crippen LogP contribution is 2.49. The third kappa shape index (κ3) is 0.796. The molecule has 0 saturated carbocycles. The van der Waals surface area contributed by atoms with E-state index in [0.29, 0.717) is 0 Å². The van der Waals surface area contributed by atoms with Crippen molar-refractivity contribution in [2.45, 2.75) is 12.8 Å². The van der Waals surface area contributed by atoms with Gasteiger partial charge in [0.2, 0.25) is 0 Å². The largest absolute Gasteiger partial charge is 0.0810 e. The lowest BCUT2D eigenvalue weighted by molar-refractivity contribution is 0.686. The zero-order valence-electron chi connectivity index (χ0n) is 8.19. The lowest BCUT2D eigenvalue weighted by atomic mass is 9.88. The van der Waals surface area contributed by atoms with Crippen molar-refractivity contribution in [3.8, 4) is 0 Å². The molecule has 0 amide bonds. The van der Waals surface area contributed by atoms with E-state index in [9.17, 15) is 0 Å². The van der Waals surface area contributed by atoms with Gasteiger partial charge in [-0.2, -0.15) is 0 Å². The summed E-state index contributed by atoms with van der Waals surface area (Å²) < 4.78 is 0. The van der Waals surface area contributed by atoms with Gasteiger partial charge in [0.15, 0.2) is 0 Å². The lowest BCUT2D eigenvalue weighted by Gasteiger charge is -2.16. The van der Waals surface area contributed by atoms with Gasteiger partial charge >= 0.3 is 0 Å². The molecule has 0 heterocycles. The van der Waals surface area contributed by atoms with E-state index in [2.05, 4.69) is 36.5 Å². The average Bonchev–Trinajstić information content (AvgIpc) is 2.96. The first-order valence-corrected chi connectivity index (χ1v) is 5.70. The van der Waals surface area contributed by atoms with Gasteiger partial charge in [-0.1, -0.05) is 36.5 Å². The highest BCUT2D eigenvalue weighted by molar-refractivity contribution is 5.49. The Hall–Kier alpha value is -1.04. The highest BCUT2D eigenvalue weighted by Gasteiger charge is 2.36. The third-order valence-electron chi connectivity index (χ3n) is 4.15.